The summed E-state index contributed by atoms with van der Waals surface area (Å²) >= 11 is 1.88. The van der Waals surface area contributed by atoms with Gasteiger partial charge >= 0.3 is 7.12 Å². The number of hydrogen-bond donors (Lipinski definition) is 0. The molecule has 0 aliphatic carbocycles. The fourth-order valence-electron chi connectivity index (χ4n) is 4.72. The minimum atomic E-state index is -0.365. The average Bonchev–Trinajstić information content (AvgIpc) is 3.33. The standard InChI is InChI=1S/C30H27BO2S/c1-29(2)30(3,4)33-31(32-29)22-14-8-13-21(19-22)24-16-10-18-26-25-17-9-15-23(27(25)34-28(24)26)20-11-6-5-7-12-20/h5-19H,1-4H3. The number of hydrogen-bond acceptors (Lipinski definition) is 3. The fraction of sp³-hybridized carbons (Fsp3) is 0.200. The molecule has 2 heterocycles. The lowest BCUT2D eigenvalue weighted by Crippen LogP contribution is -2.41. The molecular formula is C30H27BO2S. The lowest BCUT2D eigenvalue weighted by Gasteiger charge is -2.32. The van der Waals surface area contributed by atoms with E-state index in [4.69, 9.17) is 9.31 Å². The molecule has 0 spiro atoms. The van der Waals surface area contributed by atoms with E-state index in [0.29, 0.717) is 0 Å². The van der Waals surface area contributed by atoms with Gasteiger partial charge < -0.3 is 9.31 Å². The van der Waals surface area contributed by atoms with Crippen molar-refractivity contribution in [3.8, 4) is 22.3 Å². The molecule has 4 heteroatoms. The van der Waals surface area contributed by atoms with Crippen LogP contribution in [0.3, 0.4) is 0 Å². The zero-order valence-electron chi connectivity index (χ0n) is 20.0. The third-order valence-corrected chi connectivity index (χ3v) is 8.62. The Morgan fingerprint density at radius 2 is 1.12 bits per heavy atom. The molecule has 0 N–H and O–H groups in total. The predicted octanol–water partition coefficient (Wildman–Crippen LogP) is 7.69. The van der Waals surface area contributed by atoms with Crippen LogP contribution in [-0.4, -0.2) is 18.3 Å². The van der Waals surface area contributed by atoms with Crippen molar-refractivity contribution in [1.29, 1.82) is 0 Å². The highest BCUT2D eigenvalue weighted by molar-refractivity contribution is 7.26. The first-order valence-corrected chi connectivity index (χ1v) is 12.6. The molecule has 34 heavy (non-hydrogen) atoms. The summed E-state index contributed by atoms with van der Waals surface area (Å²) in [6, 6.07) is 32.5. The van der Waals surface area contributed by atoms with Gasteiger partial charge in [-0.1, -0.05) is 91.0 Å². The van der Waals surface area contributed by atoms with Crippen LogP contribution in [-0.2, 0) is 9.31 Å². The Bertz CT molecular complexity index is 1500. The van der Waals surface area contributed by atoms with Crippen LogP contribution in [0, 0.1) is 0 Å². The maximum Gasteiger partial charge on any atom is 0.494 e. The van der Waals surface area contributed by atoms with Gasteiger partial charge in [0.15, 0.2) is 0 Å². The minimum Gasteiger partial charge on any atom is -0.399 e. The van der Waals surface area contributed by atoms with Crippen molar-refractivity contribution in [2.75, 3.05) is 0 Å². The molecule has 1 aliphatic heterocycles. The summed E-state index contributed by atoms with van der Waals surface area (Å²) in [6.45, 7) is 8.39. The van der Waals surface area contributed by atoms with Crippen molar-refractivity contribution in [2.45, 2.75) is 38.9 Å². The molecule has 1 aliphatic rings. The van der Waals surface area contributed by atoms with E-state index in [1.807, 2.05) is 11.3 Å². The van der Waals surface area contributed by atoms with E-state index >= 15 is 0 Å². The van der Waals surface area contributed by atoms with Gasteiger partial charge in [0.2, 0.25) is 0 Å². The van der Waals surface area contributed by atoms with Crippen LogP contribution in [0.1, 0.15) is 27.7 Å². The monoisotopic (exact) mass is 462 g/mol. The Labute approximate surface area is 205 Å². The predicted molar refractivity (Wildman–Crippen MR) is 146 cm³/mol. The van der Waals surface area contributed by atoms with Crippen LogP contribution in [0.25, 0.3) is 42.4 Å². The van der Waals surface area contributed by atoms with Crippen LogP contribution in [0.4, 0.5) is 0 Å². The van der Waals surface area contributed by atoms with E-state index in [1.54, 1.807) is 0 Å². The van der Waals surface area contributed by atoms with Crippen molar-refractivity contribution in [3.63, 3.8) is 0 Å². The topological polar surface area (TPSA) is 18.5 Å². The van der Waals surface area contributed by atoms with Crippen LogP contribution < -0.4 is 5.46 Å². The molecule has 6 rings (SSSR count). The first-order valence-electron chi connectivity index (χ1n) is 11.8. The second-order valence-electron chi connectivity index (χ2n) is 10.0. The first-order chi connectivity index (χ1) is 16.3. The van der Waals surface area contributed by atoms with Crippen molar-refractivity contribution >= 4 is 44.1 Å². The van der Waals surface area contributed by atoms with Gasteiger partial charge in [0.1, 0.15) is 0 Å². The lowest BCUT2D eigenvalue weighted by atomic mass is 9.78. The highest BCUT2D eigenvalue weighted by Crippen LogP contribution is 2.43. The number of rotatable bonds is 3. The summed E-state index contributed by atoms with van der Waals surface area (Å²) in [7, 11) is -0.365. The lowest BCUT2D eigenvalue weighted by molar-refractivity contribution is 0.00578. The Morgan fingerprint density at radius 1 is 0.588 bits per heavy atom. The highest BCUT2D eigenvalue weighted by atomic mass is 32.1. The third kappa shape index (κ3) is 3.40. The van der Waals surface area contributed by atoms with E-state index in [-0.39, 0.29) is 18.3 Å². The Kier molecular flexibility index (Phi) is 4.96. The number of benzene rings is 4. The molecule has 1 fully saturated rings. The van der Waals surface area contributed by atoms with Gasteiger partial charge in [-0.2, -0.15) is 0 Å². The molecule has 1 saturated heterocycles. The maximum absolute atomic E-state index is 6.32. The molecule has 0 unspecified atom stereocenters. The van der Waals surface area contributed by atoms with Crippen molar-refractivity contribution < 1.29 is 9.31 Å². The largest absolute Gasteiger partial charge is 0.494 e. The molecule has 5 aromatic rings. The molecule has 0 atom stereocenters. The van der Waals surface area contributed by atoms with E-state index in [9.17, 15) is 0 Å². The van der Waals surface area contributed by atoms with Gasteiger partial charge in [0.25, 0.3) is 0 Å². The second kappa shape index (κ2) is 7.81. The average molecular weight is 462 g/mol. The molecule has 0 saturated carbocycles. The van der Waals surface area contributed by atoms with E-state index in [1.165, 1.54) is 42.4 Å². The van der Waals surface area contributed by atoms with Gasteiger partial charge in [-0.25, -0.2) is 0 Å². The van der Waals surface area contributed by atoms with Gasteiger partial charge in [0.05, 0.1) is 11.2 Å². The van der Waals surface area contributed by atoms with Crippen molar-refractivity contribution in [1.82, 2.24) is 0 Å². The summed E-state index contributed by atoms with van der Waals surface area (Å²) in [5.74, 6) is 0. The van der Waals surface area contributed by atoms with Crippen LogP contribution in [0.5, 0.6) is 0 Å². The van der Waals surface area contributed by atoms with Gasteiger partial charge in [-0.15, -0.1) is 11.3 Å². The van der Waals surface area contributed by atoms with Crippen molar-refractivity contribution in [2.24, 2.45) is 0 Å². The smallest absolute Gasteiger partial charge is 0.399 e. The van der Waals surface area contributed by atoms with Gasteiger partial charge in [-0.3, -0.25) is 0 Å². The molecule has 0 bridgehead atoms. The molecular weight excluding hydrogens is 435 g/mol. The fourth-order valence-corrected chi connectivity index (χ4v) is 6.10. The molecule has 0 amide bonds. The van der Waals surface area contributed by atoms with E-state index < -0.39 is 0 Å². The highest BCUT2D eigenvalue weighted by Gasteiger charge is 2.51. The summed E-state index contributed by atoms with van der Waals surface area (Å²) in [4.78, 5) is 0. The maximum atomic E-state index is 6.32. The summed E-state index contributed by atoms with van der Waals surface area (Å²) < 4.78 is 15.3. The Balaban J connectivity index is 1.48. The normalized spacial score (nSPS) is 17.0. The SMILES string of the molecule is CC1(C)OB(c2cccc(-c3cccc4c3sc3c(-c5ccccc5)cccc34)c2)OC1(C)C. The summed E-state index contributed by atoms with van der Waals surface area (Å²) in [5.41, 5.74) is 5.32. The molecule has 0 radical (unpaired) electrons. The van der Waals surface area contributed by atoms with Crippen molar-refractivity contribution in [3.05, 3.63) is 91.0 Å². The number of fused-ring (bicyclic) bond motifs is 3. The van der Waals surface area contributed by atoms with Crippen LogP contribution >= 0.6 is 11.3 Å². The first kappa shape index (κ1) is 21.6. The van der Waals surface area contributed by atoms with Gasteiger partial charge in [-0.05, 0) is 55.4 Å². The Hall–Kier alpha value is -2.92. The zero-order valence-corrected chi connectivity index (χ0v) is 20.8. The van der Waals surface area contributed by atoms with E-state index in [0.717, 1.165) is 5.46 Å². The summed E-state index contributed by atoms with van der Waals surface area (Å²) in [5, 5.41) is 2.61. The molecule has 4 aromatic carbocycles. The minimum absolute atomic E-state index is 0.354. The third-order valence-electron chi connectivity index (χ3n) is 7.33. The Morgan fingerprint density at radius 3 is 1.74 bits per heavy atom. The quantitative estimate of drug-likeness (QED) is 0.256. The zero-order chi connectivity index (χ0) is 23.5. The molecule has 1 aromatic heterocycles. The van der Waals surface area contributed by atoms with Crippen LogP contribution in [0.15, 0.2) is 91.0 Å². The van der Waals surface area contributed by atoms with Gasteiger partial charge in [0, 0.05) is 20.2 Å². The molecule has 2 nitrogen and oxygen atoms in total. The number of thiophene rings is 1. The second-order valence-corrected chi connectivity index (χ2v) is 11.1. The summed E-state index contributed by atoms with van der Waals surface area (Å²) in [6.07, 6.45) is 0. The molecule has 168 valence electrons. The van der Waals surface area contributed by atoms with E-state index in [2.05, 4.69) is 119 Å². The van der Waals surface area contributed by atoms with Crippen LogP contribution in [0.2, 0.25) is 0 Å².